The van der Waals surface area contributed by atoms with Crippen molar-refractivity contribution >= 4 is 10.0 Å². The molecule has 0 aromatic heterocycles. The fourth-order valence-electron chi connectivity index (χ4n) is 3.16. The number of sulfonamides is 1. The Labute approximate surface area is 139 Å². The zero-order valence-electron chi connectivity index (χ0n) is 13.9. The Morgan fingerprint density at radius 2 is 1.65 bits per heavy atom. The van der Waals surface area contributed by atoms with Gasteiger partial charge in [-0.05, 0) is 62.4 Å². The summed E-state index contributed by atoms with van der Waals surface area (Å²) in [7, 11) is -3.45. The predicted octanol–water partition coefficient (Wildman–Crippen LogP) is 4.14. The third kappa shape index (κ3) is 3.06. The number of nitrogens with zero attached hydrogens (tertiary/aromatic N) is 1. The normalized spacial score (nSPS) is 19.2. The highest BCUT2D eigenvalue weighted by atomic mass is 32.2. The summed E-state index contributed by atoms with van der Waals surface area (Å²) < 4.78 is 27.8. The molecule has 1 fully saturated rings. The van der Waals surface area contributed by atoms with Crippen molar-refractivity contribution in [1.29, 1.82) is 0 Å². The van der Waals surface area contributed by atoms with Crippen molar-refractivity contribution in [3.8, 4) is 0 Å². The van der Waals surface area contributed by atoms with Crippen molar-refractivity contribution in [2.75, 3.05) is 6.54 Å². The summed E-state index contributed by atoms with van der Waals surface area (Å²) in [6.45, 7) is 6.59. The monoisotopic (exact) mass is 329 g/mol. The average molecular weight is 329 g/mol. The van der Waals surface area contributed by atoms with Crippen molar-refractivity contribution < 1.29 is 8.42 Å². The number of rotatable bonds is 3. The maximum absolute atomic E-state index is 13.1. The lowest BCUT2D eigenvalue weighted by Crippen LogP contribution is -2.30. The van der Waals surface area contributed by atoms with E-state index in [-0.39, 0.29) is 6.04 Å². The highest BCUT2D eigenvalue weighted by Gasteiger charge is 2.36. The van der Waals surface area contributed by atoms with Gasteiger partial charge in [0.1, 0.15) is 0 Å². The topological polar surface area (TPSA) is 37.4 Å². The molecule has 0 N–H and O–H groups in total. The van der Waals surface area contributed by atoms with Crippen LogP contribution in [-0.4, -0.2) is 19.3 Å². The van der Waals surface area contributed by atoms with E-state index < -0.39 is 10.0 Å². The van der Waals surface area contributed by atoms with E-state index in [4.69, 9.17) is 0 Å². The van der Waals surface area contributed by atoms with Gasteiger partial charge >= 0.3 is 0 Å². The fraction of sp³-hybridized carbons (Fsp3) is 0.368. The first kappa shape index (κ1) is 16.2. The van der Waals surface area contributed by atoms with Crippen LogP contribution in [0.5, 0.6) is 0 Å². The van der Waals surface area contributed by atoms with Crippen LogP contribution in [0.1, 0.15) is 41.1 Å². The Bertz CT molecular complexity index is 810. The summed E-state index contributed by atoms with van der Waals surface area (Å²) in [5.74, 6) is 0. The molecule has 3 nitrogen and oxygen atoms in total. The molecule has 0 amide bonds. The van der Waals surface area contributed by atoms with Crippen molar-refractivity contribution in [2.45, 2.75) is 44.6 Å². The molecular formula is C19H23NO2S. The molecular weight excluding hydrogens is 306 g/mol. The van der Waals surface area contributed by atoms with Gasteiger partial charge in [0.2, 0.25) is 10.0 Å². The summed E-state index contributed by atoms with van der Waals surface area (Å²) in [4.78, 5) is 0.402. The maximum atomic E-state index is 13.1. The van der Waals surface area contributed by atoms with Gasteiger partial charge in [0, 0.05) is 6.54 Å². The summed E-state index contributed by atoms with van der Waals surface area (Å²) in [6, 6.07) is 13.5. The minimum absolute atomic E-state index is 0.0535. The molecule has 0 saturated carbocycles. The second-order valence-electron chi connectivity index (χ2n) is 6.43. The van der Waals surface area contributed by atoms with Crippen LogP contribution in [0.2, 0.25) is 0 Å². The highest BCUT2D eigenvalue weighted by Crippen LogP contribution is 2.36. The van der Waals surface area contributed by atoms with Crippen LogP contribution in [0.3, 0.4) is 0 Å². The SMILES string of the molecule is Cc1ccc(C2CCCN2S(=O)(=O)c2ccc(C)c(C)c2)cc1. The smallest absolute Gasteiger partial charge is 0.207 e. The van der Waals surface area contributed by atoms with Crippen LogP contribution in [0, 0.1) is 20.8 Å². The minimum Gasteiger partial charge on any atom is -0.207 e. The molecule has 1 aliphatic rings. The maximum Gasteiger partial charge on any atom is 0.243 e. The van der Waals surface area contributed by atoms with E-state index in [1.807, 2.05) is 39.0 Å². The van der Waals surface area contributed by atoms with E-state index in [0.717, 1.165) is 29.5 Å². The van der Waals surface area contributed by atoms with Gasteiger partial charge in [-0.15, -0.1) is 0 Å². The van der Waals surface area contributed by atoms with E-state index >= 15 is 0 Å². The van der Waals surface area contributed by atoms with Gasteiger partial charge in [-0.1, -0.05) is 35.9 Å². The molecule has 0 spiro atoms. The third-order valence-electron chi connectivity index (χ3n) is 4.75. The van der Waals surface area contributed by atoms with Crippen LogP contribution in [-0.2, 0) is 10.0 Å². The predicted molar refractivity (Wildman–Crippen MR) is 93.0 cm³/mol. The Hall–Kier alpha value is -1.65. The van der Waals surface area contributed by atoms with E-state index in [1.54, 1.807) is 16.4 Å². The van der Waals surface area contributed by atoms with Gasteiger partial charge in [-0.25, -0.2) is 8.42 Å². The molecule has 0 radical (unpaired) electrons. The molecule has 1 aliphatic heterocycles. The molecule has 3 rings (SSSR count). The van der Waals surface area contributed by atoms with Crippen LogP contribution < -0.4 is 0 Å². The lowest BCUT2D eigenvalue weighted by Gasteiger charge is -2.25. The zero-order chi connectivity index (χ0) is 16.6. The highest BCUT2D eigenvalue weighted by molar-refractivity contribution is 7.89. The molecule has 1 unspecified atom stereocenters. The summed E-state index contributed by atoms with van der Waals surface area (Å²) in [5, 5.41) is 0. The molecule has 1 heterocycles. The van der Waals surface area contributed by atoms with Gasteiger partial charge in [0.15, 0.2) is 0 Å². The van der Waals surface area contributed by atoms with Gasteiger partial charge in [-0.3, -0.25) is 0 Å². The summed E-state index contributed by atoms with van der Waals surface area (Å²) >= 11 is 0. The zero-order valence-corrected chi connectivity index (χ0v) is 14.7. The minimum atomic E-state index is -3.45. The number of benzene rings is 2. The molecule has 4 heteroatoms. The number of hydrogen-bond acceptors (Lipinski definition) is 2. The summed E-state index contributed by atoms with van der Waals surface area (Å²) in [6.07, 6.45) is 1.79. The molecule has 0 aliphatic carbocycles. The Morgan fingerprint density at radius 1 is 0.957 bits per heavy atom. The van der Waals surface area contributed by atoms with Crippen LogP contribution in [0.15, 0.2) is 47.4 Å². The fourth-order valence-corrected chi connectivity index (χ4v) is 4.93. The molecule has 23 heavy (non-hydrogen) atoms. The average Bonchev–Trinajstić information content (AvgIpc) is 3.01. The Balaban J connectivity index is 1.97. The van der Waals surface area contributed by atoms with Gasteiger partial charge in [0.05, 0.1) is 10.9 Å². The second-order valence-corrected chi connectivity index (χ2v) is 8.32. The van der Waals surface area contributed by atoms with E-state index in [1.165, 1.54) is 5.56 Å². The first-order valence-electron chi connectivity index (χ1n) is 8.05. The molecule has 2 aromatic rings. The van der Waals surface area contributed by atoms with E-state index in [2.05, 4.69) is 12.1 Å². The van der Waals surface area contributed by atoms with Crippen molar-refractivity contribution in [3.05, 3.63) is 64.7 Å². The van der Waals surface area contributed by atoms with E-state index in [0.29, 0.717) is 11.4 Å². The third-order valence-corrected chi connectivity index (χ3v) is 6.65. The van der Waals surface area contributed by atoms with Gasteiger partial charge < -0.3 is 0 Å². The lowest BCUT2D eigenvalue weighted by atomic mass is 10.0. The quantitative estimate of drug-likeness (QED) is 0.849. The number of aryl methyl sites for hydroxylation is 3. The molecule has 122 valence electrons. The van der Waals surface area contributed by atoms with Gasteiger partial charge in [0.25, 0.3) is 0 Å². The molecule has 1 atom stereocenters. The second kappa shape index (κ2) is 6.10. The van der Waals surface area contributed by atoms with Crippen molar-refractivity contribution in [2.24, 2.45) is 0 Å². The largest absolute Gasteiger partial charge is 0.243 e. The van der Waals surface area contributed by atoms with Crippen LogP contribution >= 0.6 is 0 Å². The lowest BCUT2D eigenvalue weighted by molar-refractivity contribution is 0.396. The standard InChI is InChI=1S/C19H23NO2S/c1-14-6-9-17(10-7-14)19-5-4-12-20(19)23(21,22)18-11-8-15(2)16(3)13-18/h6-11,13,19H,4-5,12H2,1-3H3. The molecule has 2 aromatic carbocycles. The summed E-state index contributed by atoms with van der Waals surface area (Å²) in [5.41, 5.74) is 4.40. The van der Waals surface area contributed by atoms with E-state index in [9.17, 15) is 8.42 Å². The Morgan fingerprint density at radius 3 is 2.30 bits per heavy atom. The molecule has 1 saturated heterocycles. The van der Waals surface area contributed by atoms with Crippen LogP contribution in [0.25, 0.3) is 0 Å². The first-order chi connectivity index (χ1) is 10.9. The van der Waals surface area contributed by atoms with Crippen LogP contribution in [0.4, 0.5) is 0 Å². The Kier molecular flexibility index (Phi) is 4.30. The van der Waals surface area contributed by atoms with Crippen molar-refractivity contribution in [3.63, 3.8) is 0 Å². The van der Waals surface area contributed by atoms with Crippen molar-refractivity contribution in [1.82, 2.24) is 4.31 Å². The first-order valence-corrected chi connectivity index (χ1v) is 9.49. The number of hydrogen-bond donors (Lipinski definition) is 0. The van der Waals surface area contributed by atoms with Gasteiger partial charge in [-0.2, -0.15) is 4.31 Å². The molecule has 0 bridgehead atoms.